The molecule has 2 unspecified atom stereocenters. The second kappa shape index (κ2) is 6.46. The Morgan fingerprint density at radius 1 is 1.60 bits per heavy atom. The highest BCUT2D eigenvalue weighted by atomic mass is 35.5. The van der Waals surface area contributed by atoms with E-state index in [0.29, 0.717) is 36.0 Å². The molecule has 4 nitrogen and oxygen atoms in total. The van der Waals surface area contributed by atoms with E-state index in [1.165, 1.54) is 0 Å². The van der Waals surface area contributed by atoms with Gasteiger partial charge in [-0.3, -0.25) is 4.79 Å². The van der Waals surface area contributed by atoms with E-state index < -0.39 is 0 Å². The fourth-order valence-corrected chi connectivity index (χ4v) is 2.65. The zero-order valence-electron chi connectivity index (χ0n) is 11.8. The van der Waals surface area contributed by atoms with Crippen molar-refractivity contribution in [2.45, 2.75) is 26.4 Å². The minimum Gasteiger partial charge on any atom is -0.493 e. The number of rotatable bonds is 4. The Labute approximate surface area is 124 Å². The third kappa shape index (κ3) is 3.25. The number of halogens is 1. The van der Waals surface area contributed by atoms with Crippen molar-refractivity contribution < 1.29 is 14.6 Å². The van der Waals surface area contributed by atoms with Gasteiger partial charge in [0, 0.05) is 24.0 Å². The minimum atomic E-state index is -0.385. The first-order valence-corrected chi connectivity index (χ1v) is 7.30. The summed E-state index contributed by atoms with van der Waals surface area (Å²) in [6.07, 6.45) is 0.449. The minimum absolute atomic E-state index is 0.0618. The van der Waals surface area contributed by atoms with Gasteiger partial charge in [-0.25, -0.2) is 0 Å². The van der Waals surface area contributed by atoms with Gasteiger partial charge in [0.1, 0.15) is 5.75 Å². The second-order valence-corrected chi connectivity index (χ2v) is 5.55. The molecule has 0 saturated carbocycles. The first-order chi connectivity index (χ1) is 9.52. The standard InChI is InChI=1S/C15H20ClNO3/c1-3-20-14-8-12(16)4-5-13(14)15(19)17-7-6-11(9-17)10(2)18/h4-5,8,10-11,18H,3,6-7,9H2,1-2H3. The van der Waals surface area contributed by atoms with Crippen LogP contribution in [0.25, 0.3) is 0 Å². The average molecular weight is 298 g/mol. The fourth-order valence-electron chi connectivity index (χ4n) is 2.48. The number of hydrogen-bond donors (Lipinski definition) is 1. The predicted molar refractivity (Wildman–Crippen MR) is 78.3 cm³/mol. The SMILES string of the molecule is CCOc1cc(Cl)ccc1C(=O)N1CCC(C(C)O)C1. The maximum Gasteiger partial charge on any atom is 0.257 e. The number of ether oxygens (including phenoxy) is 1. The topological polar surface area (TPSA) is 49.8 Å². The molecule has 0 bridgehead atoms. The highest BCUT2D eigenvalue weighted by molar-refractivity contribution is 6.30. The number of carbonyl (C=O) groups is 1. The number of nitrogens with zero attached hydrogens (tertiary/aromatic N) is 1. The Bertz CT molecular complexity index is 490. The van der Waals surface area contributed by atoms with Crippen LogP contribution in [0, 0.1) is 5.92 Å². The lowest BCUT2D eigenvalue weighted by Crippen LogP contribution is -2.30. The fraction of sp³-hybridized carbons (Fsp3) is 0.533. The molecule has 1 aromatic carbocycles. The van der Waals surface area contributed by atoms with Crippen molar-refractivity contribution in [3.63, 3.8) is 0 Å². The summed E-state index contributed by atoms with van der Waals surface area (Å²) in [4.78, 5) is 14.3. The molecule has 1 aliphatic heterocycles. The van der Waals surface area contributed by atoms with E-state index in [-0.39, 0.29) is 17.9 Å². The van der Waals surface area contributed by atoms with Crippen molar-refractivity contribution in [1.82, 2.24) is 4.90 Å². The van der Waals surface area contributed by atoms with Gasteiger partial charge in [-0.05, 0) is 38.5 Å². The van der Waals surface area contributed by atoms with Crippen molar-refractivity contribution in [2.24, 2.45) is 5.92 Å². The number of carbonyl (C=O) groups excluding carboxylic acids is 1. The predicted octanol–water partition coefficient (Wildman–Crippen LogP) is 2.58. The monoisotopic (exact) mass is 297 g/mol. The Morgan fingerprint density at radius 2 is 2.35 bits per heavy atom. The maximum atomic E-state index is 12.5. The largest absolute Gasteiger partial charge is 0.493 e. The third-order valence-corrected chi connectivity index (χ3v) is 3.90. The van der Waals surface area contributed by atoms with Crippen molar-refractivity contribution in [1.29, 1.82) is 0 Å². The molecule has 2 atom stereocenters. The summed E-state index contributed by atoms with van der Waals surface area (Å²) in [5, 5.41) is 10.2. The smallest absolute Gasteiger partial charge is 0.257 e. The van der Waals surface area contributed by atoms with E-state index in [9.17, 15) is 9.90 Å². The van der Waals surface area contributed by atoms with E-state index in [1.54, 1.807) is 30.0 Å². The van der Waals surface area contributed by atoms with Gasteiger partial charge in [0.25, 0.3) is 5.91 Å². The number of likely N-dealkylation sites (tertiary alicyclic amines) is 1. The van der Waals surface area contributed by atoms with E-state index in [2.05, 4.69) is 0 Å². The molecule has 1 saturated heterocycles. The molecule has 2 rings (SSSR count). The van der Waals surface area contributed by atoms with Crippen LogP contribution in [0.15, 0.2) is 18.2 Å². The Balaban J connectivity index is 2.17. The van der Waals surface area contributed by atoms with Crippen LogP contribution >= 0.6 is 11.6 Å². The Kier molecular flexibility index (Phi) is 4.89. The van der Waals surface area contributed by atoms with E-state index in [0.717, 1.165) is 6.42 Å². The second-order valence-electron chi connectivity index (χ2n) is 5.11. The van der Waals surface area contributed by atoms with Gasteiger partial charge >= 0.3 is 0 Å². The van der Waals surface area contributed by atoms with E-state index in [1.807, 2.05) is 6.92 Å². The van der Waals surface area contributed by atoms with Crippen LogP contribution in [0.5, 0.6) is 5.75 Å². The molecule has 1 aliphatic rings. The highest BCUT2D eigenvalue weighted by Crippen LogP contribution is 2.28. The van der Waals surface area contributed by atoms with Crippen molar-refractivity contribution in [3.8, 4) is 5.75 Å². The summed E-state index contributed by atoms with van der Waals surface area (Å²) in [5.74, 6) is 0.612. The molecule has 1 fully saturated rings. The molecule has 0 radical (unpaired) electrons. The summed E-state index contributed by atoms with van der Waals surface area (Å²) in [5.41, 5.74) is 0.530. The van der Waals surface area contributed by atoms with Crippen molar-refractivity contribution in [3.05, 3.63) is 28.8 Å². The first-order valence-electron chi connectivity index (χ1n) is 6.92. The van der Waals surface area contributed by atoms with E-state index in [4.69, 9.17) is 16.3 Å². The summed E-state index contributed by atoms with van der Waals surface area (Å²) in [6, 6.07) is 5.06. The third-order valence-electron chi connectivity index (χ3n) is 3.67. The molecule has 1 N–H and O–H groups in total. The molecule has 0 spiro atoms. The van der Waals surface area contributed by atoms with Gasteiger partial charge in [-0.15, -0.1) is 0 Å². The molecule has 0 aliphatic carbocycles. The van der Waals surface area contributed by atoms with Gasteiger partial charge in [-0.2, -0.15) is 0 Å². The molecule has 20 heavy (non-hydrogen) atoms. The first kappa shape index (κ1) is 15.1. The Morgan fingerprint density at radius 3 is 2.95 bits per heavy atom. The molecular weight excluding hydrogens is 278 g/mol. The van der Waals surface area contributed by atoms with Gasteiger partial charge in [0.2, 0.25) is 0 Å². The molecule has 5 heteroatoms. The average Bonchev–Trinajstić information content (AvgIpc) is 2.88. The van der Waals surface area contributed by atoms with Crippen LogP contribution in [0.1, 0.15) is 30.6 Å². The van der Waals surface area contributed by atoms with Crippen molar-refractivity contribution >= 4 is 17.5 Å². The lowest BCUT2D eigenvalue weighted by atomic mass is 10.0. The molecule has 0 aromatic heterocycles. The summed E-state index contributed by atoms with van der Waals surface area (Å²) >= 11 is 5.94. The molecule has 110 valence electrons. The molecular formula is C15H20ClNO3. The normalized spacial score (nSPS) is 20.0. The van der Waals surface area contributed by atoms with Crippen LogP contribution in [0.4, 0.5) is 0 Å². The zero-order valence-corrected chi connectivity index (χ0v) is 12.6. The van der Waals surface area contributed by atoms with Crippen LogP contribution in [-0.4, -0.2) is 41.7 Å². The molecule has 1 aromatic rings. The van der Waals surface area contributed by atoms with Crippen LogP contribution < -0.4 is 4.74 Å². The zero-order chi connectivity index (χ0) is 14.7. The van der Waals surface area contributed by atoms with Gasteiger partial charge in [0.05, 0.1) is 18.3 Å². The number of hydrogen-bond acceptors (Lipinski definition) is 3. The highest BCUT2D eigenvalue weighted by Gasteiger charge is 2.30. The lowest BCUT2D eigenvalue weighted by Gasteiger charge is -2.19. The summed E-state index contributed by atoms with van der Waals surface area (Å²) in [6.45, 7) is 5.38. The van der Waals surface area contributed by atoms with Crippen molar-refractivity contribution in [2.75, 3.05) is 19.7 Å². The van der Waals surface area contributed by atoms with Crippen LogP contribution in [0.2, 0.25) is 5.02 Å². The Hall–Kier alpha value is -1.26. The van der Waals surface area contributed by atoms with Crippen LogP contribution in [-0.2, 0) is 0 Å². The molecule has 1 amide bonds. The van der Waals surface area contributed by atoms with E-state index >= 15 is 0 Å². The quantitative estimate of drug-likeness (QED) is 0.929. The lowest BCUT2D eigenvalue weighted by molar-refractivity contribution is 0.0758. The summed E-state index contributed by atoms with van der Waals surface area (Å²) < 4.78 is 5.49. The number of benzene rings is 1. The molecule has 1 heterocycles. The van der Waals surface area contributed by atoms with Crippen LogP contribution in [0.3, 0.4) is 0 Å². The maximum absolute atomic E-state index is 12.5. The summed E-state index contributed by atoms with van der Waals surface area (Å²) in [7, 11) is 0. The number of amides is 1. The van der Waals surface area contributed by atoms with Gasteiger partial charge in [-0.1, -0.05) is 11.6 Å². The number of aliphatic hydroxyl groups excluding tert-OH is 1. The van der Waals surface area contributed by atoms with Gasteiger partial charge in [0.15, 0.2) is 0 Å². The van der Waals surface area contributed by atoms with Gasteiger partial charge < -0.3 is 14.7 Å². The number of aliphatic hydroxyl groups is 1.